The molecule has 1 rings (SSSR count). The maximum Gasteiger partial charge on any atom is 0.121 e. The third-order valence-corrected chi connectivity index (χ3v) is 1.63. The molecule has 0 aliphatic heterocycles. The van der Waals surface area contributed by atoms with Gasteiger partial charge in [-0.15, -0.1) is 0 Å². The normalized spacial score (nSPS) is 10.5. The number of aryl methyl sites for hydroxylation is 1. The second kappa shape index (κ2) is 3.76. The van der Waals surface area contributed by atoms with E-state index in [0.29, 0.717) is 0 Å². The van der Waals surface area contributed by atoms with Crippen molar-refractivity contribution < 1.29 is 9.94 Å². The van der Waals surface area contributed by atoms with Crippen LogP contribution in [-0.2, 0) is 0 Å². The molecule has 0 aliphatic carbocycles. The average Bonchev–Trinajstić information content (AvgIpc) is 2.05. The van der Waals surface area contributed by atoms with Crippen LogP contribution in [0.5, 0.6) is 5.75 Å². The molecule has 0 fully saturated rings. The molecule has 0 amide bonds. The van der Waals surface area contributed by atoms with Crippen molar-refractivity contribution in [3.63, 3.8) is 0 Å². The lowest BCUT2D eigenvalue weighted by atomic mass is 10.1. The maximum atomic E-state index is 8.28. The summed E-state index contributed by atoms with van der Waals surface area (Å²) < 4.78 is 5.07. The van der Waals surface area contributed by atoms with Gasteiger partial charge in [-0.3, -0.25) is 0 Å². The number of methoxy groups -OCH3 is 1. The first-order valence-electron chi connectivity index (χ1n) is 3.60. The first-order valence-corrected chi connectivity index (χ1v) is 3.60. The Bertz CT molecular complexity index is 295. The number of benzene rings is 1. The van der Waals surface area contributed by atoms with E-state index in [1.807, 2.05) is 25.1 Å². The van der Waals surface area contributed by atoms with Crippen molar-refractivity contribution in [1.82, 2.24) is 0 Å². The lowest BCUT2D eigenvalue weighted by Crippen LogP contribution is -1.89. The molecule has 3 heteroatoms. The third kappa shape index (κ3) is 1.75. The fraction of sp³-hybridized carbons (Fsp3) is 0.222. The molecule has 0 aliphatic rings. The average molecular weight is 165 g/mol. The topological polar surface area (TPSA) is 41.8 Å². The van der Waals surface area contributed by atoms with E-state index in [1.165, 1.54) is 6.21 Å². The van der Waals surface area contributed by atoms with Gasteiger partial charge in [0.1, 0.15) is 5.75 Å². The molecule has 0 spiro atoms. The van der Waals surface area contributed by atoms with Gasteiger partial charge in [0.25, 0.3) is 0 Å². The minimum atomic E-state index is 0.838. The molecule has 64 valence electrons. The first-order chi connectivity index (χ1) is 5.77. The van der Waals surface area contributed by atoms with Gasteiger partial charge in [-0.2, -0.15) is 0 Å². The van der Waals surface area contributed by atoms with Crippen LogP contribution in [0.2, 0.25) is 0 Å². The molecule has 3 nitrogen and oxygen atoms in total. The summed E-state index contributed by atoms with van der Waals surface area (Å²) >= 11 is 0. The van der Waals surface area contributed by atoms with Crippen molar-refractivity contribution in [2.24, 2.45) is 5.16 Å². The molecule has 1 N–H and O–H groups in total. The summed E-state index contributed by atoms with van der Waals surface area (Å²) in [6.45, 7) is 1.94. The number of hydrogen-bond donors (Lipinski definition) is 1. The van der Waals surface area contributed by atoms with Crippen LogP contribution in [0, 0.1) is 6.92 Å². The highest BCUT2D eigenvalue weighted by molar-refractivity contribution is 5.79. The van der Waals surface area contributed by atoms with E-state index in [-0.39, 0.29) is 0 Å². The molecule has 0 unspecified atom stereocenters. The standard InChI is InChI=1S/C9H11NO2/c1-7-5-8(6-10-11)3-4-9(7)12-2/h3-6,11H,1-2H3/b10-6+. The quantitative estimate of drug-likeness (QED) is 0.412. The van der Waals surface area contributed by atoms with Gasteiger partial charge in [-0.25, -0.2) is 0 Å². The summed E-state index contributed by atoms with van der Waals surface area (Å²) in [7, 11) is 1.63. The minimum Gasteiger partial charge on any atom is -0.496 e. The lowest BCUT2D eigenvalue weighted by molar-refractivity contribution is 0.322. The van der Waals surface area contributed by atoms with E-state index in [2.05, 4.69) is 5.16 Å². The summed E-state index contributed by atoms with van der Waals surface area (Å²) in [4.78, 5) is 0. The van der Waals surface area contributed by atoms with Gasteiger partial charge in [0.2, 0.25) is 0 Å². The van der Waals surface area contributed by atoms with E-state index < -0.39 is 0 Å². The third-order valence-electron chi connectivity index (χ3n) is 1.63. The summed E-state index contributed by atoms with van der Waals surface area (Å²) in [5.74, 6) is 0.838. The number of rotatable bonds is 2. The molecule has 0 saturated heterocycles. The van der Waals surface area contributed by atoms with E-state index >= 15 is 0 Å². The Labute approximate surface area is 71.3 Å². The highest BCUT2D eigenvalue weighted by Gasteiger charge is 1.97. The molecule has 1 aromatic rings. The minimum absolute atomic E-state index is 0.838. The van der Waals surface area contributed by atoms with Gasteiger partial charge in [-0.1, -0.05) is 5.16 Å². The van der Waals surface area contributed by atoms with Crippen LogP contribution in [0.4, 0.5) is 0 Å². The van der Waals surface area contributed by atoms with Crippen molar-refractivity contribution in [2.75, 3.05) is 7.11 Å². The van der Waals surface area contributed by atoms with E-state index in [9.17, 15) is 0 Å². The summed E-state index contributed by atoms with van der Waals surface area (Å²) in [6, 6.07) is 5.55. The van der Waals surface area contributed by atoms with Gasteiger partial charge < -0.3 is 9.94 Å². The van der Waals surface area contributed by atoms with Crippen LogP contribution in [0.1, 0.15) is 11.1 Å². The molecular formula is C9H11NO2. The SMILES string of the molecule is COc1ccc(/C=N/O)cc1C. The molecule has 12 heavy (non-hydrogen) atoms. The highest BCUT2D eigenvalue weighted by atomic mass is 16.5. The first kappa shape index (κ1) is 8.59. The largest absolute Gasteiger partial charge is 0.496 e. The van der Waals surface area contributed by atoms with Crippen molar-refractivity contribution in [3.8, 4) is 5.75 Å². The zero-order chi connectivity index (χ0) is 8.97. The molecule has 0 aromatic heterocycles. The van der Waals surface area contributed by atoms with E-state index in [4.69, 9.17) is 9.94 Å². The second-order valence-electron chi connectivity index (χ2n) is 2.47. The monoisotopic (exact) mass is 165 g/mol. The van der Waals surface area contributed by atoms with Gasteiger partial charge in [0.15, 0.2) is 0 Å². The number of hydrogen-bond acceptors (Lipinski definition) is 3. The van der Waals surface area contributed by atoms with Crippen molar-refractivity contribution in [3.05, 3.63) is 29.3 Å². The Balaban J connectivity index is 3.01. The predicted octanol–water partition coefficient (Wildman–Crippen LogP) is 1.81. The summed E-state index contributed by atoms with van der Waals surface area (Å²) in [5.41, 5.74) is 1.88. The van der Waals surface area contributed by atoms with Crippen LogP contribution >= 0.6 is 0 Å². The fourth-order valence-corrected chi connectivity index (χ4v) is 1.05. The molecule has 0 heterocycles. The van der Waals surface area contributed by atoms with Crippen molar-refractivity contribution in [1.29, 1.82) is 0 Å². The van der Waals surface area contributed by atoms with Crippen LogP contribution in [0.3, 0.4) is 0 Å². The van der Waals surface area contributed by atoms with Gasteiger partial charge in [0.05, 0.1) is 13.3 Å². The fourth-order valence-electron chi connectivity index (χ4n) is 1.05. The number of oxime groups is 1. The highest BCUT2D eigenvalue weighted by Crippen LogP contribution is 2.17. The Morgan fingerprint density at radius 2 is 2.25 bits per heavy atom. The Kier molecular flexibility index (Phi) is 2.69. The second-order valence-corrected chi connectivity index (χ2v) is 2.47. The van der Waals surface area contributed by atoms with Gasteiger partial charge >= 0.3 is 0 Å². The van der Waals surface area contributed by atoms with Gasteiger partial charge in [0, 0.05) is 0 Å². The van der Waals surface area contributed by atoms with Crippen molar-refractivity contribution in [2.45, 2.75) is 6.92 Å². The van der Waals surface area contributed by atoms with Crippen LogP contribution < -0.4 is 4.74 Å². The molecule has 0 radical (unpaired) electrons. The maximum absolute atomic E-state index is 8.28. The number of ether oxygens (including phenoxy) is 1. The van der Waals surface area contributed by atoms with Crippen LogP contribution in [-0.4, -0.2) is 18.5 Å². The summed E-state index contributed by atoms with van der Waals surface area (Å²) in [5, 5.41) is 11.2. The van der Waals surface area contributed by atoms with E-state index in [1.54, 1.807) is 7.11 Å². The lowest BCUT2D eigenvalue weighted by Gasteiger charge is -2.03. The Morgan fingerprint density at radius 3 is 2.75 bits per heavy atom. The summed E-state index contributed by atoms with van der Waals surface area (Å²) in [6.07, 6.45) is 1.38. The molecule has 0 saturated carbocycles. The zero-order valence-electron chi connectivity index (χ0n) is 7.11. The predicted molar refractivity (Wildman–Crippen MR) is 47.1 cm³/mol. The van der Waals surface area contributed by atoms with Crippen LogP contribution in [0.15, 0.2) is 23.4 Å². The molecule has 1 aromatic carbocycles. The molecule has 0 bridgehead atoms. The smallest absolute Gasteiger partial charge is 0.121 e. The van der Waals surface area contributed by atoms with Crippen molar-refractivity contribution >= 4 is 6.21 Å². The Morgan fingerprint density at radius 1 is 1.50 bits per heavy atom. The van der Waals surface area contributed by atoms with Gasteiger partial charge in [-0.05, 0) is 36.2 Å². The van der Waals surface area contributed by atoms with Crippen LogP contribution in [0.25, 0.3) is 0 Å². The van der Waals surface area contributed by atoms with E-state index in [0.717, 1.165) is 16.9 Å². The number of nitrogens with zero attached hydrogens (tertiary/aromatic N) is 1. The zero-order valence-corrected chi connectivity index (χ0v) is 7.11. The molecular weight excluding hydrogens is 154 g/mol. The Hall–Kier alpha value is -1.51. The molecule has 0 atom stereocenters.